The second-order valence-corrected chi connectivity index (χ2v) is 6.42. The van der Waals surface area contributed by atoms with Crippen LogP contribution in [0.1, 0.15) is 48.8 Å². The summed E-state index contributed by atoms with van der Waals surface area (Å²) >= 11 is 0. The summed E-state index contributed by atoms with van der Waals surface area (Å²) in [6, 6.07) is 5.45. The van der Waals surface area contributed by atoms with Crippen LogP contribution in [-0.2, 0) is 16.0 Å². The van der Waals surface area contributed by atoms with Crippen LogP contribution in [-0.4, -0.2) is 17.9 Å². The largest absolute Gasteiger partial charge is 0.368 e. The molecule has 0 radical (unpaired) electrons. The predicted molar refractivity (Wildman–Crippen MR) is 87.3 cm³/mol. The Morgan fingerprint density at radius 3 is 2.45 bits per heavy atom. The standard InChI is InChI=1S/C18H26N2O2/c1-12-8-9-14(10-13(12)2)11-16(17(19)21)20-18(22)15-6-4-3-5-7-15/h8-10,15-16H,3-7,11H2,1-2H3,(H2,19,21)(H,20,22)/t16-/m0/s1. The van der Waals surface area contributed by atoms with Crippen LogP contribution < -0.4 is 11.1 Å². The molecule has 0 aliphatic heterocycles. The van der Waals surface area contributed by atoms with Crippen LogP contribution in [0.25, 0.3) is 0 Å². The van der Waals surface area contributed by atoms with Crippen LogP contribution in [0, 0.1) is 19.8 Å². The summed E-state index contributed by atoms with van der Waals surface area (Å²) in [4.78, 5) is 24.0. The maximum atomic E-state index is 12.3. The number of hydrogen-bond acceptors (Lipinski definition) is 2. The number of carbonyl (C=O) groups is 2. The number of hydrogen-bond donors (Lipinski definition) is 2. The van der Waals surface area contributed by atoms with Crippen LogP contribution in [0.4, 0.5) is 0 Å². The highest BCUT2D eigenvalue weighted by molar-refractivity contribution is 5.87. The van der Waals surface area contributed by atoms with E-state index in [9.17, 15) is 9.59 Å². The second kappa shape index (κ2) is 7.43. The highest BCUT2D eigenvalue weighted by atomic mass is 16.2. The fourth-order valence-corrected chi connectivity index (χ4v) is 3.04. The Kier molecular flexibility index (Phi) is 5.58. The minimum atomic E-state index is -0.628. The molecular weight excluding hydrogens is 276 g/mol. The van der Waals surface area contributed by atoms with Gasteiger partial charge in [0.25, 0.3) is 0 Å². The minimum Gasteiger partial charge on any atom is -0.368 e. The maximum Gasteiger partial charge on any atom is 0.240 e. The first-order valence-electron chi connectivity index (χ1n) is 8.13. The summed E-state index contributed by atoms with van der Waals surface area (Å²) in [5, 5.41) is 2.86. The molecule has 0 unspecified atom stereocenters. The lowest BCUT2D eigenvalue weighted by Crippen LogP contribution is -2.48. The van der Waals surface area contributed by atoms with Crippen LogP contribution in [0.2, 0.25) is 0 Å². The molecule has 1 fully saturated rings. The molecule has 2 amide bonds. The number of primary amides is 1. The quantitative estimate of drug-likeness (QED) is 0.876. The topological polar surface area (TPSA) is 72.2 Å². The second-order valence-electron chi connectivity index (χ2n) is 6.42. The molecule has 4 heteroatoms. The molecule has 0 aromatic heterocycles. The third kappa shape index (κ3) is 4.33. The van der Waals surface area contributed by atoms with E-state index in [-0.39, 0.29) is 11.8 Å². The van der Waals surface area contributed by atoms with Gasteiger partial charge in [-0.3, -0.25) is 9.59 Å². The Morgan fingerprint density at radius 2 is 1.86 bits per heavy atom. The number of amides is 2. The fourth-order valence-electron chi connectivity index (χ4n) is 3.04. The Labute approximate surface area is 132 Å². The lowest BCUT2D eigenvalue weighted by molar-refractivity contribution is -0.130. The van der Waals surface area contributed by atoms with Crippen molar-refractivity contribution < 1.29 is 9.59 Å². The predicted octanol–water partition coefficient (Wildman–Crippen LogP) is 2.40. The maximum absolute atomic E-state index is 12.3. The Bertz CT molecular complexity index is 548. The third-order valence-electron chi connectivity index (χ3n) is 4.65. The van der Waals surface area contributed by atoms with E-state index in [0.717, 1.165) is 31.2 Å². The number of rotatable bonds is 5. The molecular formula is C18H26N2O2. The van der Waals surface area contributed by atoms with E-state index in [4.69, 9.17) is 5.73 Å². The van der Waals surface area contributed by atoms with Gasteiger partial charge in [-0.15, -0.1) is 0 Å². The Balaban J connectivity index is 2.01. The lowest BCUT2D eigenvalue weighted by atomic mass is 9.88. The smallest absolute Gasteiger partial charge is 0.240 e. The Morgan fingerprint density at radius 1 is 1.18 bits per heavy atom. The molecule has 0 heterocycles. The van der Waals surface area contributed by atoms with E-state index in [1.54, 1.807) is 0 Å². The van der Waals surface area contributed by atoms with Crippen molar-refractivity contribution in [2.24, 2.45) is 11.7 Å². The number of aryl methyl sites for hydroxylation is 2. The summed E-state index contributed by atoms with van der Waals surface area (Å²) in [6.45, 7) is 4.09. The summed E-state index contributed by atoms with van der Waals surface area (Å²) in [6.07, 6.45) is 5.68. The van der Waals surface area contributed by atoms with Gasteiger partial charge in [-0.2, -0.15) is 0 Å². The zero-order valence-corrected chi connectivity index (χ0v) is 13.5. The van der Waals surface area contributed by atoms with Crippen LogP contribution in [0.3, 0.4) is 0 Å². The monoisotopic (exact) mass is 302 g/mol. The fraction of sp³-hybridized carbons (Fsp3) is 0.556. The first-order chi connectivity index (χ1) is 10.5. The molecule has 0 spiro atoms. The summed E-state index contributed by atoms with van der Waals surface area (Å²) in [5.41, 5.74) is 8.89. The van der Waals surface area contributed by atoms with Gasteiger partial charge in [0.15, 0.2) is 0 Å². The van der Waals surface area contributed by atoms with Crippen molar-refractivity contribution in [3.63, 3.8) is 0 Å². The molecule has 1 aliphatic rings. The molecule has 22 heavy (non-hydrogen) atoms. The van der Waals surface area contributed by atoms with Gasteiger partial charge in [0, 0.05) is 12.3 Å². The number of nitrogens with two attached hydrogens (primary N) is 1. The van der Waals surface area contributed by atoms with E-state index >= 15 is 0 Å². The van der Waals surface area contributed by atoms with E-state index in [1.165, 1.54) is 17.5 Å². The molecule has 1 aromatic rings. The number of benzene rings is 1. The SMILES string of the molecule is Cc1ccc(C[C@H](NC(=O)C2CCCCC2)C(N)=O)cc1C. The molecule has 2 rings (SSSR count). The average Bonchev–Trinajstić information content (AvgIpc) is 2.51. The highest BCUT2D eigenvalue weighted by Crippen LogP contribution is 2.23. The molecule has 1 aliphatic carbocycles. The van der Waals surface area contributed by atoms with Crippen molar-refractivity contribution in [1.29, 1.82) is 0 Å². The van der Waals surface area contributed by atoms with E-state index < -0.39 is 11.9 Å². The van der Waals surface area contributed by atoms with Crippen molar-refractivity contribution in [3.8, 4) is 0 Å². The van der Waals surface area contributed by atoms with Gasteiger partial charge in [0.05, 0.1) is 0 Å². The van der Waals surface area contributed by atoms with Gasteiger partial charge in [0.2, 0.25) is 11.8 Å². The van der Waals surface area contributed by atoms with Gasteiger partial charge < -0.3 is 11.1 Å². The molecule has 1 aromatic carbocycles. The zero-order valence-electron chi connectivity index (χ0n) is 13.5. The van der Waals surface area contributed by atoms with E-state index in [1.807, 2.05) is 19.1 Å². The van der Waals surface area contributed by atoms with Crippen molar-refractivity contribution >= 4 is 11.8 Å². The van der Waals surface area contributed by atoms with Crippen molar-refractivity contribution in [2.45, 2.75) is 58.4 Å². The number of carbonyl (C=O) groups excluding carboxylic acids is 2. The lowest BCUT2D eigenvalue weighted by Gasteiger charge is -2.23. The van der Waals surface area contributed by atoms with Gasteiger partial charge in [-0.1, -0.05) is 37.5 Å². The first-order valence-corrected chi connectivity index (χ1v) is 8.13. The van der Waals surface area contributed by atoms with Crippen molar-refractivity contribution in [1.82, 2.24) is 5.32 Å². The van der Waals surface area contributed by atoms with Crippen LogP contribution in [0.15, 0.2) is 18.2 Å². The molecule has 0 bridgehead atoms. The molecule has 3 N–H and O–H groups in total. The first kappa shape index (κ1) is 16.5. The van der Waals surface area contributed by atoms with Crippen molar-refractivity contribution in [2.75, 3.05) is 0 Å². The molecule has 120 valence electrons. The van der Waals surface area contributed by atoms with E-state index in [2.05, 4.69) is 18.3 Å². The highest BCUT2D eigenvalue weighted by Gasteiger charge is 2.25. The zero-order chi connectivity index (χ0) is 16.1. The molecule has 4 nitrogen and oxygen atoms in total. The minimum absolute atomic E-state index is 0.0210. The van der Waals surface area contributed by atoms with Crippen LogP contribution in [0.5, 0.6) is 0 Å². The van der Waals surface area contributed by atoms with Gasteiger partial charge in [-0.05, 0) is 43.4 Å². The Hall–Kier alpha value is -1.84. The molecule has 1 saturated carbocycles. The summed E-state index contributed by atoms with van der Waals surface area (Å²) < 4.78 is 0. The van der Waals surface area contributed by atoms with Crippen LogP contribution >= 0.6 is 0 Å². The molecule has 1 atom stereocenters. The van der Waals surface area contributed by atoms with Crippen molar-refractivity contribution in [3.05, 3.63) is 34.9 Å². The van der Waals surface area contributed by atoms with Gasteiger partial charge in [-0.25, -0.2) is 0 Å². The average molecular weight is 302 g/mol. The summed E-state index contributed by atoms with van der Waals surface area (Å²) in [7, 11) is 0. The summed E-state index contributed by atoms with van der Waals surface area (Å²) in [5.74, 6) is -0.454. The molecule has 0 saturated heterocycles. The van der Waals surface area contributed by atoms with E-state index in [0.29, 0.717) is 6.42 Å². The van der Waals surface area contributed by atoms with Gasteiger partial charge in [0.1, 0.15) is 6.04 Å². The van der Waals surface area contributed by atoms with Gasteiger partial charge >= 0.3 is 0 Å². The third-order valence-corrected chi connectivity index (χ3v) is 4.65. The number of nitrogens with one attached hydrogen (secondary N) is 1. The normalized spacial score (nSPS) is 17.0.